The van der Waals surface area contributed by atoms with E-state index in [1.54, 1.807) is 0 Å². The second kappa shape index (κ2) is 12.7. The Bertz CT molecular complexity index is 1740. The molecule has 0 heterocycles. The van der Waals surface area contributed by atoms with Crippen molar-refractivity contribution in [1.82, 2.24) is 0 Å². The maximum Gasteiger partial charge on any atom is 0.125 e. The predicted octanol–water partition coefficient (Wildman–Crippen LogP) is 8.93. The minimum Gasteiger partial charge on any atom is -0.507 e. The van der Waals surface area contributed by atoms with Crippen LogP contribution < -0.4 is 9.80 Å². The number of aromatic hydroxyl groups is 4. The molecule has 4 N–H and O–H groups in total. The van der Waals surface area contributed by atoms with Crippen LogP contribution in [0.25, 0.3) is 0 Å². The number of hydrogen-bond donors (Lipinski definition) is 4. The molecule has 2 radical (unpaired) electrons. The van der Waals surface area contributed by atoms with Crippen LogP contribution in [0.2, 0.25) is 0 Å². The number of nitrogens with zero attached hydrogens (tertiary/aromatic N) is 2. The van der Waals surface area contributed by atoms with Crippen LogP contribution in [0.3, 0.4) is 0 Å². The van der Waals surface area contributed by atoms with Gasteiger partial charge in [-0.3, -0.25) is 0 Å². The Balaban J connectivity index is 1.21. The molecular weight excluding hydrogens is 604 g/mol. The number of phenols is 4. The lowest BCUT2D eigenvalue weighted by atomic mass is 9.62. The first kappa shape index (κ1) is 30.7. The van der Waals surface area contributed by atoms with Gasteiger partial charge in [0.05, 0.1) is 23.2 Å². The van der Waals surface area contributed by atoms with Crippen molar-refractivity contribution in [3.05, 3.63) is 157 Å². The number of benzene rings is 6. The standard InChI is InChI=1S/C40H32N2O6/c43-31-21-29(41(25-13-5-1-6-14-25)26-15-7-2-8-16-26)22-32(44)35(31)37-39(47)38(40(37)48)36-33(45)23-30(24-34(36)46)42(27-17-9-3-10-18-27)28-19-11-4-12-20-28/h1-24,37-40,43-46H. The fourth-order valence-corrected chi connectivity index (χ4v) is 6.69. The fraction of sp³-hybridized carbons (Fsp3) is 0.100. The number of para-hydroxylation sites is 4. The molecule has 0 saturated heterocycles. The summed E-state index contributed by atoms with van der Waals surface area (Å²) in [5.41, 5.74) is 3.66. The summed E-state index contributed by atoms with van der Waals surface area (Å²) in [4.78, 5) is 3.67. The predicted molar refractivity (Wildman–Crippen MR) is 183 cm³/mol. The van der Waals surface area contributed by atoms with Crippen LogP contribution in [0.5, 0.6) is 23.0 Å². The molecule has 0 unspecified atom stereocenters. The summed E-state index contributed by atoms with van der Waals surface area (Å²) in [7, 11) is 0. The van der Waals surface area contributed by atoms with Gasteiger partial charge in [-0.05, 0) is 48.5 Å². The van der Waals surface area contributed by atoms with E-state index in [1.165, 1.54) is 24.3 Å². The van der Waals surface area contributed by atoms with Crippen LogP contribution in [-0.2, 0) is 10.2 Å². The highest BCUT2D eigenvalue weighted by atomic mass is 16.3. The van der Waals surface area contributed by atoms with Crippen molar-refractivity contribution in [2.45, 2.75) is 24.0 Å². The molecule has 8 nitrogen and oxygen atoms in total. The van der Waals surface area contributed by atoms with E-state index < -0.39 is 47.0 Å². The first-order valence-corrected chi connectivity index (χ1v) is 15.6. The quantitative estimate of drug-likeness (QED) is 0.132. The van der Waals surface area contributed by atoms with Crippen molar-refractivity contribution < 1.29 is 30.6 Å². The monoisotopic (exact) mass is 636 g/mol. The summed E-state index contributed by atoms with van der Waals surface area (Å²) < 4.78 is 0. The summed E-state index contributed by atoms with van der Waals surface area (Å²) >= 11 is 0. The summed E-state index contributed by atoms with van der Waals surface area (Å²) in [6, 6.07) is 43.3. The third-order valence-corrected chi connectivity index (χ3v) is 8.90. The average Bonchev–Trinajstić information content (AvgIpc) is 3.10. The van der Waals surface area contributed by atoms with Gasteiger partial charge in [-0.2, -0.15) is 0 Å². The number of phenolic OH excluding ortho intramolecular Hbond substituents is 4. The summed E-state index contributed by atoms with van der Waals surface area (Å²) in [5, 5.41) is 72.2. The first-order chi connectivity index (χ1) is 23.3. The van der Waals surface area contributed by atoms with Crippen molar-refractivity contribution in [3.63, 3.8) is 0 Å². The molecule has 1 fully saturated rings. The number of hydrogen-bond acceptors (Lipinski definition) is 6. The molecule has 1 aliphatic carbocycles. The van der Waals surface area contributed by atoms with Gasteiger partial charge in [0, 0.05) is 58.1 Å². The summed E-state index contributed by atoms with van der Waals surface area (Å²) in [5.74, 6) is -4.19. The normalized spacial score (nSPS) is 18.5. The largest absolute Gasteiger partial charge is 0.507 e. The van der Waals surface area contributed by atoms with Gasteiger partial charge < -0.3 is 30.2 Å². The molecule has 238 valence electrons. The van der Waals surface area contributed by atoms with Crippen molar-refractivity contribution in [1.29, 1.82) is 0 Å². The molecule has 48 heavy (non-hydrogen) atoms. The zero-order valence-electron chi connectivity index (χ0n) is 25.7. The highest BCUT2D eigenvalue weighted by molar-refractivity contribution is 5.80. The second-order valence-electron chi connectivity index (χ2n) is 11.8. The Morgan fingerprint density at radius 1 is 0.354 bits per heavy atom. The molecule has 8 heteroatoms. The Labute approximate surface area is 277 Å². The summed E-state index contributed by atoms with van der Waals surface area (Å²) in [6.07, 6.45) is -3.31. The Morgan fingerprint density at radius 2 is 0.583 bits per heavy atom. The lowest BCUT2D eigenvalue weighted by molar-refractivity contribution is -0.139. The lowest BCUT2D eigenvalue weighted by Gasteiger charge is -2.44. The van der Waals surface area contributed by atoms with Gasteiger partial charge in [0.1, 0.15) is 35.2 Å². The molecule has 0 aliphatic heterocycles. The number of anilines is 6. The van der Waals surface area contributed by atoms with Crippen LogP contribution in [0.15, 0.2) is 146 Å². The Morgan fingerprint density at radius 3 is 0.812 bits per heavy atom. The maximum atomic E-state index is 13.7. The molecule has 1 aliphatic rings. The molecule has 6 aromatic rings. The van der Waals surface area contributed by atoms with Gasteiger partial charge in [0.25, 0.3) is 0 Å². The van der Waals surface area contributed by atoms with Crippen LogP contribution in [0.1, 0.15) is 23.0 Å². The molecule has 0 amide bonds. The van der Waals surface area contributed by atoms with Crippen molar-refractivity contribution in [3.8, 4) is 23.0 Å². The van der Waals surface area contributed by atoms with E-state index in [0.717, 1.165) is 22.7 Å². The van der Waals surface area contributed by atoms with Crippen molar-refractivity contribution in [2.24, 2.45) is 0 Å². The topological polar surface area (TPSA) is 127 Å². The van der Waals surface area contributed by atoms with E-state index in [1.807, 2.05) is 131 Å². The maximum absolute atomic E-state index is 13.7. The van der Waals surface area contributed by atoms with Gasteiger partial charge in [0.2, 0.25) is 0 Å². The smallest absolute Gasteiger partial charge is 0.125 e. The minimum atomic E-state index is -1.66. The van der Waals surface area contributed by atoms with Gasteiger partial charge in [-0.1, -0.05) is 72.8 Å². The van der Waals surface area contributed by atoms with Crippen molar-refractivity contribution >= 4 is 34.1 Å². The Kier molecular flexibility index (Phi) is 8.10. The van der Waals surface area contributed by atoms with Gasteiger partial charge in [0.15, 0.2) is 0 Å². The minimum absolute atomic E-state index is 0.147. The second-order valence-corrected chi connectivity index (χ2v) is 11.8. The molecule has 1 saturated carbocycles. The lowest BCUT2D eigenvalue weighted by Crippen LogP contribution is -2.50. The van der Waals surface area contributed by atoms with E-state index in [9.17, 15) is 30.6 Å². The van der Waals surface area contributed by atoms with E-state index in [-0.39, 0.29) is 11.1 Å². The molecule has 0 spiro atoms. The van der Waals surface area contributed by atoms with Gasteiger partial charge in [-0.15, -0.1) is 0 Å². The highest BCUT2D eigenvalue weighted by Crippen LogP contribution is 2.57. The van der Waals surface area contributed by atoms with E-state index in [0.29, 0.717) is 11.4 Å². The molecular formula is C40H32N2O6. The molecule has 6 aromatic carbocycles. The van der Waals surface area contributed by atoms with Crippen molar-refractivity contribution in [2.75, 3.05) is 9.80 Å². The zero-order valence-corrected chi connectivity index (χ0v) is 25.7. The van der Waals surface area contributed by atoms with E-state index in [2.05, 4.69) is 0 Å². The zero-order chi connectivity index (χ0) is 33.4. The third-order valence-electron chi connectivity index (χ3n) is 8.90. The first-order valence-electron chi connectivity index (χ1n) is 15.6. The van der Waals surface area contributed by atoms with E-state index >= 15 is 0 Å². The average molecular weight is 637 g/mol. The molecule has 0 bridgehead atoms. The van der Waals surface area contributed by atoms with Crippen LogP contribution >= 0.6 is 0 Å². The van der Waals surface area contributed by atoms with Gasteiger partial charge in [-0.25, -0.2) is 10.2 Å². The Hall–Kier alpha value is -5.96. The number of rotatable bonds is 8. The van der Waals surface area contributed by atoms with Crippen LogP contribution in [0.4, 0.5) is 34.1 Å². The van der Waals surface area contributed by atoms with E-state index in [4.69, 9.17) is 0 Å². The third kappa shape index (κ3) is 5.43. The molecule has 0 atom stereocenters. The molecule has 0 aromatic heterocycles. The summed E-state index contributed by atoms with van der Waals surface area (Å²) in [6.45, 7) is 0. The molecule has 7 rings (SSSR count). The highest BCUT2D eigenvalue weighted by Gasteiger charge is 2.56. The van der Waals surface area contributed by atoms with Gasteiger partial charge >= 0.3 is 0 Å². The fourth-order valence-electron chi connectivity index (χ4n) is 6.69. The van der Waals surface area contributed by atoms with Crippen LogP contribution in [0, 0.1) is 0 Å². The SMILES string of the molecule is [O]C1C(c2c(O)cc(N(c3ccccc3)c3ccccc3)cc2O)C([O])C1c1c(O)cc(N(c2ccccc2)c2ccccc2)cc1O. The van der Waals surface area contributed by atoms with Crippen LogP contribution in [-0.4, -0.2) is 32.6 Å².